The highest BCUT2D eigenvalue weighted by molar-refractivity contribution is 5.77. The average Bonchev–Trinajstić information content (AvgIpc) is 3.07. The number of alkyl halides is 2. The number of carbonyl (C=O) groups is 1. The summed E-state index contributed by atoms with van der Waals surface area (Å²) in [6.45, 7) is 5.41. The maximum Gasteiger partial charge on any atom is 0.269 e. The number of carbonyl (C=O) groups excluding carboxylic acids is 1. The molecule has 2 aliphatic heterocycles. The molecule has 0 N–H and O–H groups in total. The largest absolute Gasteiger partial charge is 0.374 e. The summed E-state index contributed by atoms with van der Waals surface area (Å²) in [6.07, 6.45) is 2.92. The van der Waals surface area contributed by atoms with Gasteiger partial charge in [-0.25, -0.2) is 8.78 Å². The Morgan fingerprint density at radius 2 is 2.07 bits per heavy atom. The SMILES string of the molecule is Cc1c(CN2CC(CC(=O)N3CCC(F)(F)C3C)OCC23CCC3)nnn1C. The van der Waals surface area contributed by atoms with Crippen molar-refractivity contribution in [3.05, 3.63) is 11.4 Å². The van der Waals surface area contributed by atoms with Crippen LogP contribution < -0.4 is 0 Å². The Balaban J connectivity index is 1.42. The first-order valence-electron chi connectivity index (χ1n) is 10.1. The summed E-state index contributed by atoms with van der Waals surface area (Å²) in [5.41, 5.74) is 1.98. The smallest absolute Gasteiger partial charge is 0.269 e. The predicted octanol–water partition coefficient (Wildman–Crippen LogP) is 1.89. The number of aromatic nitrogens is 3. The van der Waals surface area contributed by atoms with Crippen molar-refractivity contribution in [2.24, 2.45) is 7.05 Å². The van der Waals surface area contributed by atoms with Crippen molar-refractivity contribution in [2.75, 3.05) is 19.7 Å². The van der Waals surface area contributed by atoms with E-state index < -0.39 is 12.0 Å². The molecule has 2 saturated heterocycles. The standard InChI is InChI=1S/C19H29F2N5O2/c1-13-16(22-23-24(13)3)11-25-10-15(28-12-18(25)5-4-6-18)9-17(27)26-8-7-19(20,21)14(26)2/h14-15H,4-12H2,1-3H3. The van der Waals surface area contributed by atoms with E-state index in [0.717, 1.165) is 24.2 Å². The Labute approximate surface area is 164 Å². The minimum Gasteiger partial charge on any atom is -0.374 e. The molecule has 2 unspecified atom stereocenters. The first-order valence-corrected chi connectivity index (χ1v) is 10.1. The fraction of sp³-hybridized carbons (Fsp3) is 0.842. The van der Waals surface area contributed by atoms with Crippen LogP contribution >= 0.6 is 0 Å². The molecular formula is C19H29F2N5O2. The van der Waals surface area contributed by atoms with Crippen LogP contribution in [0.25, 0.3) is 0 Å². The summed E-state index contributed by atoms with van der Waals surface area (Å²) < 4.78 is 35.4. The molecule has 3 heterocycles. The van der Waals surface area contributed by atoms with Crippen LogP contribution in [0.15, 0.2) is 0 Å². The first kappa shape index (κ1) is 19.7. The van der Waals surface area contributed by atoms with E-state index in [2.05, 4.69) is 15.2 Å². The van der Waals surface area contributed by atoms with E-state index >= 15 is 0 Å². The fourth-order valence-corrected chi connectivity index (χ4v) is 4.58. The van der Waals surface area contributed by atoms with Gasteiger partial charge in [0.25, 0.3) is 5.92 Å². The molecule has 0 aromatic carbocycles. The van der Waals surface area contributed by atoms with Gasteiger partial charge in [0.05, 0.1) is 36.6 Å². The minimum atomic E-state index is -2.80. The quantitative estimate of drug-likeness (QED) is 0.777. The van der Waals surface area contributed by atoms with Gasteiger partial charge in [0.15, 0.2) is 0 Å². The average molecular weight is 397 g/mol. The lowest BCUT2D eigenvalue weighted by Crippen LogP contribution is -2.63. The van der Waals surface area contributed by atoms with Crippen molar-refractivity contribution in [2.45, 2.75) is 76.1 Å². The molecule has 1 saturated carbocycles. The molecule has 1 aliphatic carbocycles. The van der Waals surface area contributed by atoms with Crippen molar-refractivity contribution in [1.29, 1.82) is 0 Å². The summed E-state index contributed by atoms with van der Waals surface area (Å²) in [6, 6.07) is -1.04. The molecule has 4 rings (SSSR count). The summed E-state index contributed by atoms with van der Waals surface area (Å²) in [7, 11) is 1.87. The van der Waals surface area contributed by atoms with Gasteiger partial charge in [0, 0.05) is 38.6 Å². The van der Waals surface area contributed by atoms with Gasteiger partial charge in [-0.3, -0.25) is 14.4 Å². The van der Waals surface area contributed by atoms with Gasteiger partial charge in [0.2, 0.25) is 5.91 Å². The second-order valence-corrected chi connectivity index (χ2v) is 8.61. The first-order chi connectivity index (χ1) is 13.2. The summed E-state index contributed by atoms with van der Waals surface area (Å²) in [5.74, 6) is -3.04. The van der Waals surface area contributed by atoms with E-state index in [1.165, 1.54) is 18.2 Å². The molecule has 3 aliphatic rings. The molecule has 0 bridgehead atoms. The van der Waals surface area contributed by atoms with Crippen LogP contribution in [-0.4, -0.2) is 74.0 Å². The van der Waals surface area contributed by atoms with Crippen LogP contribution in [0.1, 0.15) is 50.4 Å². The number of rotatable bonds is 4. The van der Waals surface area contributed by atoms with E-state index in [0.29, 0.717) is 19.7 Å². The number of nitrogens with zero attached hydrogens (tertiary/aromatic N) is 5. The van der Waals surface area contributed by atoms with Gasteiger partial charge < -0.3 is 9.64 Å². The molecule has 7 nitrogen and oxygen atoms in total. The molecular weight excluding hydrogens is 368 g/mol. The zero-order valence-corrected chi connectivity index (χ0v) is 16.8. The molecule has 0 radical (unpaired) electrons. The van der Waals surface area contributed by atoms with Gasteiger partial charge in [-0.05, 0) is 33.1 Å². The zero-order chi connectivity index (χ0) is 20.1. The number of likely N-dealkylation sites (tertiary alicyclic amines) is 1. The van der Waals surface area contributed by atoms with Crippen LogP contribution in [0.4, 0.5) is 8.78 Å². The predicted molar refractivity (Wildman–Crippen MR) is 97.8 cm³/mol. The number of amides is 1. The summed E-state index contributed by atoms with van der Waals surface area (Å²) >= 11 is 0. The van der Waals surface area contributed by atoms with E-state index in [1.807, 2.05) is 14.0 Å². The highest BCUT2D eigenvalue weighted by atomic mass is 19.3. The Hall–Kier alpha value is -1.61. The fourth-order valence-electron chi connectivity index (χ4n) is 4.58. The Kier molecular flexibility index (Phi) is 4.94. The number of halogens is 2. The third kappa shape index (κ3) is 3.32. The summed E-state index contributed by atoms with van der Waals surface area (Å²) in [5, 5.41) is 8.37. The van der Waals surface area contributed by atoms with Crippen molar-refractivity contribution in [3.63, 3.8) is 0 Å². The molecule has 28 heavy (non-hydrogen) atoms. The number of hydrogen-bond donors (Lipinski definition) is 0. The Morgan fingerprint density at radius 1 is 1.32 bits per heavy atom. The van der Waals surface area contributed by atoms with Gasteiger partial charge in [-0.2, -0.15) is 0 Å². The van der Waals surface area contributed by atoms with Crippen molar-refractivity contribution in [1.82, 2.24) is 24.8 Å². The van der Waals surface area contributed by atoms with E-state index in [-0.39, 0.29) is 36.9 Å². The molecule has 1 spiro atoms. The van der Waals surface area contributed by atoms with Crippen molar-refractivity contribution < 1.29 is 18.3 Å². The molecule has 3 fully saturated rings. The van der Waals surface area contributed by atoms with Gasteiger partial charge in [0.1, 0.15) is 0 Å². The third-order valence-corrected chi connectivity index (χ3v) is 7.00. The van der Waals surface area contributed by atoms with Crippen LogP contribution in [0.5, 0.6) is 0 Å². The lowest BCUT2D eigenvalue weighted by atomic mass is 9.74. The number of aryl methyl sites for hydroxylation is 1. The molecule has 1 amide bonds. The molecule has 1 aromatic heterocycles. The molecule has 9 heteroatoms. The molecule has 1 aromatic rings. The minimum absolute atomic E-state index is 0.0114. The van der Waals surface area contributed by atoms with E-state index in [1.54, 1.807) is 4.68 Å². The van der Waals surface area contributed by atoms with Gasteiger partial charge in [-0.1, -0.05) is 5.21 Å². The number of morpholine rings is 1. The Bertz CT molecular complexity index is 749. The number of ether oxygens (including phenoxy) is 1. The van der Waals surface area contributed by atoms with Crippen LogP contribution in [-0.2, 0) is 23.1 Å². The zero-order valence-electron chi connectivity index (χ0n) is 16.8. The second-order valence-electron chi connectivity index (χ2n) is 8.61. The highest BCUT2D eigenvalue weighted by Gasteiger charge is 2.50. The summed E-state index contributed by atoms with van der Waals surface area (Å²) in [4.78, 5) is 16.3. The van der Waals surface area contributed by atoms with Crippen LogP contribution in [0, 0.1) is 6.92 Å². The number of hydrogen-bond acceptors (Lipinski definition) is 5. The lowest BCUT2D eigenvalue weighted by Gasteiger charge is -2.54. The van der Waals surface area contributed by atoms with Crippen LogP contribution in [0.3, 0.4) is 0 Å². The monoisotopic (exact) mass is 397 g/mol. The van der Waals surface area contributed by atoms with E-state index in [9.17, 15) is 13.6 Å². The van der Waals surface area contributed by atoms with E-state index in [4.69, 9.17) is 4.74 Å². The maximum atomic E-state index is 13.8. The topological polar surface area (TPSA) is 63.5 Å². The normalized spacial score (nSPS) is 29.2. The highest BCUT2D eigenvalue weighted by Crippen LogP contribution is 2.42. The second kappa shape index (κ2) is 7.02. The molecule has 2 atom stereocenters. The maximum absolute atomic E-state index is 13.8. The van der Waals surface area contributed by atoms with Gasteiger partial charge >= 0.3 is 0 Å². The third-order valence-electron chi connectivity index (χ3n) is 7.00. The lowest BCUT2D eigenvalue weighted by molar-refractivity contribution is -0.160. The Morgan fingerprint density at radius 3 is 2.61 bits per heavy atom. The van der Waals surface area contributed by atoms with Crippen molar-refractivity contribution in [3.8, 4) is 0 Å². The van der Waals surface area contributed by atoms with Gasteiger partial charge in [-0.15, -0.1) is 5.10 Å². The molecule has 156 valence electrons. The van der Waals surface area contributed by atoms with Crippen LogP contribution in [0.2, 0.25) is 0 Å². The van der Waals surface area contributed by atoms with Crippen molar-refractivity contribution >= 4 is 5.91 Å².